The Balaban J connectivity index is 4.19. The molecule has 17 heavy (non-hydrogen) atoms. The van der Waals surface area contributed by atoms with Crippen molar-refractivity contribution in [2.75, 3.05) is 11.9 Å². The van der Waals surface area contributed by atoms with Crippen LogP contribution in [0.15, 0.2) is 0 Å². The monoisotopic (exact) mass is 276 g/mol. The second-order valence-corrected chi connectivity index (χ2v) is 10.6. The lowest BCUT2D eigenvalue weighted by molar-refractivity contribution is -0.127. The lowest BCUT2D eigenvalue weighted by Gasteiger charge is -2.23. The fourth-order valence-corrected chi connectivity index (χ4v) is 4.09. The van der Waals surface area contributed by atoms with Crippen LogP contribution >= 0.6 is 12.6 Å². The minimum absolute atomic E-state index is 0.133. The van der Waals surface area contributed by atoms with E-state index in [0.29, 0.717) is 5.75 Å². The molecule has 0 aliphatic carbocycles. The summed E-state index contributed by atoms with van der Waals surface area (Å²) >= 11 is 4.07. The summed E-state index contributed by atoms with van der Waals surface area (Å²) in [7, 11) is -1.33. The van der Waals surface area contributed by atoms with Gasteiger partial charge in [-0.2, -0.15) is 12.6 Å². The number of carbonyl (C=O) groups is 2. The van der Waals surface area contributed by atoms with Crippen molar-refractivity contribution in [1.29, 1.82) is 0 Å². The van der Waals surface area contributed by atoms with Gasteiger partial charge in [0.05, 0.1) is 8.07 Å². The summed E-state index contributed by atoms with van der Waals surface area (Å²) in [5, 5.41) is 5.51. The van der Waals surface area contributed by atoms with Gasteiger partial charge in [-0.1, -0.05) is 32.5 Å². The van der Waals surface area contributed by atoms with Gasteiger partial charge in [0.1, 0.15) is 6.04 Å². The van der Waals surface area contributed by atoms with E-state index in [4.69, 9.17) is 0 Å². The summed E-state index contributed by atoms with van der Waals surface area (Å²) in [5.74, 6) is -0.0163. The standard InChI is InChI=1S/C11H24N2O2SSi/c1-5-6-17(3,4)8-12-11(15)10(7-16)13-9(2)14/h10,16H,5-8H2,1-4H3,(H,12,15)(H,13,14). The van der Waals surface area contributed by atoms with E-state index in [-0.39, 0.29) is 11.8 Å². The molecule has 6 heteroatoms. The highest BCUT2D eigenvalue weighted by Crippen LogP contribution is 2.10. The van der Waals surface area contributed by atoms with Crippen molar-refractivity contribution in [2.24, 2.45) is 0 Å². The fourth-order valence-electron chi connectivity index (χ4n) is 1.65. The Morgan fingerprint density at radius 1 is 1.35 bits per heavy atom. The molecule has 0 saturated carbocycles. The minimum atomic E-state index is -1.33. The molecule has 0 aliphatic rings. The van der Waals surface area contributed by atoms with Crippen molar-refractivity contribution in [3.8, 4) is 0 Å². The lowest BCUT2D eigenvalue weighted by atomic mass is 10.3. The van der Waals surface area contributed by atoms with Crippen molar-refractivity contribution < 1.29 is 9.59 Å². The number of hydrogen-bond acceptors (Lipinski definition) is 3. The molecule has 0 radical (unpaired) electrons. The number of nitrogens with one attached hydrogen (secondary N) is 2. The zero-order chi connectivity index (χ0) is 13.5. The van der Waals surface area contributed by atoms with E-state index in [9.17, 15) is 9.59 Å². The van der Waals surface area contributed by atoms with E-state index in [1.54, 1.807) is 0 Å². The summed E-state index contributed by atoms with van der Waals surface area (Å²) in [6, 6.07) is 0.668. The lowest BCUT2D eigenvalue weighted by Crippen LogP contribution is -2.51. The van der Waals surface area contributed by atoms with Gasteiger partial charge in [0.15, 0.2) is 0 Å². The molecule has 0 fully saturated rings. The van der Waals surface area contributed by atoms with E-state index >= 15 is 0 Å². The van der Waals surface area contributed by atoms with E-state index < -0.39 is 14.1 Å². The molecule has 100 valence electrons. The smallest absolute Gasteiger partial charge is 0.243 e. The number of thiol groups is 1. The van der Waals surface area contributed by atoms with Gasteiger partial charge in [-0.05, 0) is 0 Å². The van der Waals surface area contributed by atoms with Gasteiger partial charge < -0.3 is 10.6 Å². The molecular formula is C11H24N2O2SSi. The molecule has 0 bridgehead atoms. The van der Waals surface area contributed by atoms with Crippen molar-refractivity contribution in [2.45, 2.75) is 45.4 Å². The zero-order valence-electron chi connectivity index (χ0n) is 11.2. The maximum Gasteiger partial charge on any atom is 0.243 e. The predicted octanol–water partition coefficient (Wildman–Crippen LogP) is 1.19. The normalized spacial score (nSPS) is 13.0. The highest BCUT2D eigenvalue weighted by atomic mass is 32.1. The summed E-state index contributed by atoms with van der Waals surface area (Å²) in [6.45, 7) is 8.07. The van der Waals surface area contributed by atoms with E-state index in [1.807, 2.05) is 0 Å². The number of amides is 2. The number of carbonyl (C=O) groups excluding carboxylic acids is 2. The Kier molecular flexibility index (Phi) is 7.54. The highest BCUT2D eigenvalue weighted by molar-refractivity contribution is 7.80. The zero-order valence-corrected chi connectivity index (χ0v) is 13.1. The van der Waals surface area contributed by atoms with Gasteiger partial charge in [-0.3, -0.25) is 9.59 Å². The molecule has 4 nitrogen and oxygen atoms in total. The van der Waals surface area contributed by atoms with Gasteiger partial charge in [-0.25, -0.2) is 0 Å². The van der Waals surface area contributed by atoms with Crippen LogP contribution in [-0.4, -0.2) is 37.9 Å². The van der Waals surface area contributed by atoms with Gasteiger partial charge in [0, 0.05) is 18.8 Å². The molecule has 0 aliphatic heterocycles. The third-order valence-electron chi connectivity index (χ3n) is 2.54. The third-order valence-corrected chi connectivity index (χ3v) is 5.90. The van der Waals surface area contributed by atoms with Crippen LogP contribution < -0.4 is 10.6 Å². The Morgan fingerprint density at radius 3 is 2.35 bits per heavy atom. The maximum atomic E-state index is 11.8. The molecule has 0 saturated heterocycles. The second kappa shape index (κ2) is 7.76. The minimum Gasteiger partial charge on any atom is -0.357 e. The molecular weight excluding hydrogens is 252 g/mol. The molecule has 0 heterocycles. The van der Waals surface area contributed by atoms with Crippen molar-refractivity contribution in [3.05, 3.63) is 0 Å². The van der Waals surface area contributed by atoms with Gasteiger partial charge in [-0.15, -0.1) is 0 Å². The van der Waals surface area contributed by atoms with Crippen LogP contribution in [0.25, 0.3) is 0 Å². The summed E-state index contributed by atoms with van der Waals surface area (Å²) in [5.41, 5.74) is 0. The first-order valence-electron chi connectivity index (χ1n) is 5.98. The Morgan fingerprint density at radius 2 is 1.94 bits per heavy atom. The first kappa shape index (κ1) is 16.5. The van der Waals surface area contributed by atoms with Crippen molar-refractivity contribution >= 4 is 32.5 Å². The van der Waals surface area contributed by atoms with Gasteiger partial charge in [0.2, 0.25) is 11.8 Å². The van der Waals surface area contributed by atoms with Gasteiger partial charge >= 0.3 is 0 Å². The Hall–Kier alpha value is -0.493. The third kappa shape index (κ3) is 7.43. The first-order valence-corrected chi connectivity index (χ1v) is 10.0. The SMILES string of the molecule is CCC[Si](C)(C)CNC(=O)C(CS)NC(C)=O. The first-order chi connectivity index (χ1) is 7.82. The van der Waals surface area contributed by atoms with E-state index in [1.165, 1.54) is 13.0 Å². The molecule has 2 amide bonds. The molecule has 0 aromatic rings. The quantitative estimate of drug-likeness (QED) is 0.483. The summed E-state index contributed by atoms with van der Waals surface area (Å²) in [4.78, 5) is 22.7. The Labute approximate surface area is 110 Å². The van der Waals surface area contributed by atoms with Crippen LogP contribution in [-0.2, 0) is 9.59 Å². The van der Waals surface area contributed by atoms with Crippen molar-refractivity contribution in [3.63, 3.8) is 0 Å². The molecule has 0 spiro atoms. The van der Waals surface area contributed by atoms with E-state index in [0.717, 1.165) is 12.6 Å². The van der Waals surface area contributed by atoms with Crippen LogP contribution in [0.5, 0.6) is 0 Å². The van der Waals surface area contributed by atoms with Gasteiger partial charge in [0.25, 0.3) is 0 Å². The maximum absolute atomic E-state index is 11.8. The number of hydrogen-bond donors (Lipinski definition) is 3. The molecule has 0 aromatic heterocycles. The second-order valence-electron chi connectivity index (χ2n) is 5.07. The Bertz CT molecular complexity index is 272. The molecule has 1 atom stereocenters. The number of rotatable bonds is 7. The molecule has 0 aromatic carbocycles. The van der Waals surface area contributed by atoms with Crippen LogP contribution in [0.3, 0.4) is 0 Å². The summed E-state index contributed by atoms with van der Waals surface area (Å²) in [6.07, 6.45) is 1.90. The highest BCUT2D eigenvalue weighted by Gasteiger charge is 2.23. The average molecular weight is 276 g/mol. The fraction of sp³-hybridized carbons (Fsp3) is 0.818. The largest absolute Gasteiger partial charge is 0.357 e. The van der Waals surface area contributed by atoms with E-state index in [2.05, 4.69) is 43.3 Å². The van der Waals surface area contributed by atoms with Crippen LogP contribution in [0, 0.1) is 0 Å². The van der Waals surface area contributed by atoms with Crippen LogP contribution in [0.1, 0.15) is 20.3 Å². The van der Waals surface area contributed by atoms with Crippen LogP contribution in [0.2, 0.25) is 19.1 Å². The predicted molar refractivity (Wildman–Crippen MR) is 77.0 cm³/mol. The molecule has 2 N–H and O–H groups in total. The van der Waals surface area contributed by atoms with Crippen molar-refractivity contribution in [1.82, 2.24) is 10.6 Å². The summed E-state index contributed by atoms with van der Waals surface area (Å²) < 4.78 is 0. The topological polar surface area (TPSA) is 58.2 Å². The molecule has 0 rings (SSSR count). The average Bonchev–Trinajstić information content (AvgIpc) is 2.22. The molecule has 1 unspecified atom stereocenters. The van der Waals surface area contributed by atoms with Crippen LogP contribution in [0.4, 0.5) is 0 Å².